The number of piperazine rings is 1. The second-order valence-electron chi connectivity index (χ2n) is 7.10. The molecule has 0 aliphatic carbocycles. The van der Waals surface area contributed by atoms with Crippen LogP contribution in [0.1, 0.15) is 18.1 Å². The Morgan fingerprint density at radius 2 is 1.79 bits per heavy atom. The minimum absolute atomic E-state index is 0.197. The molecule has 0 spiro atoms. The number of nitrogens with one attached hydrogen (secondary N) is 1. The minimum Gasteiger partial charge on any atom is -0.322 e. The highest BCUT2D eigenvalue weighted by Gasteiger charge is 2.28. The molecule has 154 valence electrons. The van der Waals surface area contributed by atoms with E-state index in [4.69, 9.17) is 0 Å². The van der Waals surface area contributed by atoms with Crippen molar-refractivity contribution in [1.29, 1.82) is 0 Å². The molecule has 1 aliphatic rings. The van der Waals surface area contributed by atoms with Crippen LogP contribution in [0.15, 0.2) is 59.5 Å². The van der Waals surface area contributed by atoms with Gasteiger partial charge in [0.1, 0.15) is 0 Å². The van der Waals surface area contributed by atoms with Gasteiger partial charge >= 0.3 is 0 Å². The van der Waals surface area contributed by atoms with Crippen molar-refractivity contribution in [3.8, 4) is 0 Å². The summed E-state index contributed by atoms with van der Waals surface area (Å²) in [5.74, 6) is -0.308. The Hall–Kier alpha value is -2.48. The normalized spacial score (nSPS) is 16.2. The van der Waals surface area contributed by atoms with Crippen LogP contribution in [0.3, 0.4) is 0 Å². The Labute approximate surface area is 172 Å². The Morgan fingerprint density at radius 1 is 1.07 bits per heavy atom. The maximum Gasteiger partial charge on any atom is 0.248 e. The third-order valence-electron chi connectivity index (χ3n) is 4.99. The van der Waals surface area contributed by atoms with Gasteiger partial charge in [-0.05, 0) is 43.3 Å². The predicted molar refractivity (Wildman–Crippen MR) is 116 cm³/mol. The molecular formula is C22H27N3O3S. The van der Waals surface area contributed by atoms with E-state index in [9.17, 15) is 13.2 Å². The number of carbonyl (C=O) groups excluding carboxylic acids is 1. The van der Waals surface area contributed by atoms with E-state index < -0.39 is 10.0 Å². The summed E-state index contributed by atoms with van der Waals surface area (Å²) in [5.41, 5.74) is 2.50. The van der Waals surface area contributed by atoms with E-state index in [1.807, 2.05) is 31.2 Å². The summed E-state index contributed by atoms with van der Waals surface area (Å²) in [5, 5.41) is 2.74. The summed E-state index contributed by atoms with van der Waals surface area (Å²) >= 11 is 0. The number of aryl methyl sites for hydroxylation is 1. The molecule has 1 fully saturated rings. The first-order valence-corrected chi connectivity index (χ1v) is 11.2. The summed E-state index contributed by atoms with van der Waals surface area (Å²) in [4.78, 5) is 14.7. The first kappa shape index (κ1) is 21.2. The highest BCUT2D eigenvalue weighted by atomic mass is 32.2. The molecule has 0 saturated carbocycles. The molecule has 1 aliphatic heterocycles. The molecule has 3 rings (SSSR count). The van der Waals surface area contributed by atoms with Crippen molar-refractivity contribution in [1.82, 2.24) is 9.21 Å². The van der Waals surface area contributed by atoms with Crippen LogP contribution >= 0.6 is 0 Å². The zero-order valence-electron chi connectivity index (χ0n) is 16.8. The molecule has 0 aromatic heterocycles. The van der Waals surface area contributed by atoms with Crippen LogP contribution in [0.25, 0.3) is 6.08 Å². The zero-order valence-corrected chi connectivity index (χ0v) is 17.7. The van der Waals surface area contributed by atoms with Gasteiger partial charge in [0.05, 0.1) is 4.90 Å². The van der Waals surface area contributed by atoms with Gasteiger partial charge in [0.2, 0.25) is 15.9 Å². The van der Waals surface area contributed by atoms with Gasteiger partial charge in [0, 0.05) is 37.9 Å². The molecular weight excluding hydrogens is 386 g/mol. The van der Waals surface area contributed by atoms with Crippen LogP contribution in [0.4, 0.5) is 5.69 Å². The predicted octanol–water partition coefficient (Wildman–Crippen LogP) is 2.97. The number of rotatable bonds is 6. The standard InChI is InChI=1S/C22H27N3O3S/c1-3-24-12-14-25(15-13-24)29(27,28)21-9-5-8-20(17-21)23-22(26)11-10-19-7-4-6-18(2)16-19/h4-11,16-17H,3,12-15H2,1-2H3,(H,23,26)/b11-10+. The lowest BCUT2D eigenvalue weighted by Crippen LogP contribution is -2.48. The van der Waals surface area contributed by atoms with Crippen molar-refractivity contribution in [2.75, 3.05) is 38.0 Å². The molecule has 1 heterocycles. The SMILES string of the molecule is CCN1CCN(S(=O)(=O)c2cccc(NC(=O)/C=C/c3cccc(C)c3)c2)CC1. The summed E-state index contributed by atoms with van der Waals surface area (Å²) in [6.07, 6.45) is 3.18. The van der Waals surface area contributed by atoms with Gasteiger partial charge < -0.3 is 10.2 Å². The first-order chi connectivity index (χ1) is 13.9. The zero-order chi connectivity index (χ0) is 20.9. The molecule has 1 saturated heterocycles. The van der Waals surface area contributed by atoms with Crippen LogP contribution in [-0.2, 0) is 14.8 Å². The van der Waals surface area contributed by atoms with Crippen molar-refractivity contribution >= 4 is 27.7 Å². The van der Waals surface area contributed by atoms with E-state index in [1.165, 1.54) is 16.4 Å². The average molecular weight is 414 g/mol. The van der Waals surface area contributed by atoms with Crippen molar-refractivity contribution < 1.29 is 13.2 Å². The van der Waals surface area contributed by atoms with E-state index in [1.54, 1.807) is 24.3 Å². The fourth-order valence-corrected chi connectivity index (χ4v) is 4.77. The van der Waals surface area contributed by atoms with Crippen molar-refractivity contribution in [2.45, 2.75) is 18.7 Å². The molecule has 7 heteroatoms. The molecule has 1 amide bonds. The van der Waals surface area contributed by atoms with Gasteiger partial charge in [-0.15, -0.1) is 0 Å². The number of carbonyl (C=O) groups is 1. The van der Waals surface area contributed by atoms with Gasteiger partial charge in [-0.25, -0.2) is 8.42 Å². The van der Waals surface area contributed by atoms with Crippen LogP contribution in [-0.4, -0.2) is 56.3 Å². The molecule has 2 aromatic rings. The van der Waals surface area contributed by atoms with Crippen molar-refractivity contribution in [3.05, 3.63) is 65.7 Å². The van der Waals surface area contributed by atoms with E-state index in [0.717, 1.165) is 30.8 Å². The number of benzene rings is 2. The lowest BCUT2D eigenvalue weighted by molar-refractivity contribution is -0.111. The number of anilines is 1. The lowest BCUT2D eigenvalue weighted by atomic mass is 10.1. The Balaban J connectivity index is 1.68. The first-order valence-electron chi connectivity index (χ1n) is 9.77. The Bertz CT molecular complexity index is 994. The fourth-order valence-electron chi connectivity index (χ4n) is 3.30. The average Bonchev–Trinajstić information content (AvgIpc) is 2.72. The van der Waals surface area contributed by atoms with Gasteiger partial charge in [-0.1, -0.05) is 42.8 Å². The summed E-state index contributed by atoms with van der Waals surface area (Å²) < 4.78 is 27.4. The molecule has 0 unspecified atom stereocenters. The third kappa shape index (κ3) is 5.53. The highest BCUT2D eigenvalue weighted by molar-refractivity contribution is 7.89. The van der Waals surface area contributed by atoms with Crippen molar-refractivity contribution in [3.63, 3.8) is 0 Å². The van der Waals surface area contributed by atoms with Gasteiger partial charge in [-0.2, -0.15) is 4.31 Å². The van der Waals surface area contributed by atoms with Crippen LogP contribution in [0.2, 0.25) is 0 Å². The minimum atomic E-state index is -3.57. The number of amides is 1. The van der Waals surface area contributed by atoms with E-state index in [2.05, 4.69) is 17.1 Å². The monoisotopic (exact) mass is 413 g/mol. The molecule has 0 bridgehead atoms. The number of hydrogen-bond acceptors (Lipinski definition) is 4. The number of likely N-dealkylation sites (N-methyl/N-ethyl adjacent to an activating group) is 1. The van der Waals surface area contributed by atoms with E-state index in [-0.39, 0.29) is 10.8 Å². The van der Waals surface area contributed by atoms with Gasteiger partial charge in [-0.3, -0.25) is 4.79 Å². The summed E-state index contributed by atoms with van der Waals surface area (Å²) in [6.45, 7) is 7.41. The largest absolute Gasteiger partial charge is 0.322 e. The lowest BCUT2D eigenvalue weighted by Gasteiger charge is -2.33. The van der Waals surface area contributed by atoms with Crippen LogP contribution < -0.4 is 5.32 Å². The molecule has 29 heavy (non-hydrogen) atoms. The van der Waals surface area contributed by atoms with Crippen molar-refractivity contribution in [2.24, 2.45) is 0 Å². The molecule has 0 radical (unpaired) electrons. The maximum atomic E-state index is 12.9. The second kappa shape index (κ2) is 9.35. The van der Waals surface area contributed by atoms with Crippen LogP contribution in [0, 0.1) is 6.92 Å². The molecule has 0 atom stereocenters. The molecule has 2 aromatic carbocycles. The van der Waals surface area contributed by atoms with E-state index in [0.29, 0.717) is 18.8 Å². The van der Waals surface area contributed by atoms with Gasteiger partial charge in [0.15, 0.2) is 0 Å². The van der Waals surface area contributed by atoms with Crippen LogP contribution in [0.5, 0.6) is 0 Å². The maximum absolute atomic E-state index is 12.9. The number of nitrogens with zero attached hydrogens (tertiary/aromatic N) is 2. The smallest absolute Gasteiger partial charge is 0.248 e. The topological polar surface area (TPSA) is 69.7 Å². The summed E-state index contributed by atoms with van der Waals surface area (Å²) in [7, 11) is -3.57. The third-order valence-corrected chi connectivity index (χ3v) is 6.88. The number of sulfonamides is 1. The Morgan fingerprint density at radius 3 is 2.48 bits per heavy atom. The summed E-state index contributed by atoms with van der Waals surface area (Å²) in [6, 6.07) is 14.2. The molecule has 6 nitrogen and oxygen atoms in total. The quantitative estimate of drug-likeness (QED) is 0.739. The highest BCUT2D eigenvalue weighted by Crippen LogP contribution is 2.21. The van der Waals surface area contributed by atoms with Gasteiger partial charge in [0.25, 0.3) is 0 Å². The number of hydrogen-bond donors (Lipinski definition) is 1. The Kier molecular flexibility index (Phi) is 6.84. The second-order valence-corrected chi connectivity index (χ2v) is 9.04. The van der Waals surface area contributed by atoms with E-state index >= 15 is 0 Å². The molecule has 1 N–H and O–H groups in total. The fraction of sp³-hybridized carbons (Fsp3) is 0.318.